The van der Waals surface area contributed by atoms with Crippen LogP contribution in [-0.2, 0) is 0 Å². The molecule has 0 fully saturated rings. The molecule has 1 N–H and O–H groups in total. The topological polar surface area (TPSA) is 12.0 Å². The van der Waals surface area contributed by atoms with E-state index in [1.54, 1.807) is 6.07 Å². The molecule has 0 aliphatic carbocycles. The van der Waals surface area contributed by atoms with Crippen LogP contribution in [0.15, 0.2) is 40.9 Å². The highest BCUT2D eigenvalue weighted by molar-refractivity contribution is 9.10. The van der Waals surface area contributed by atoms with E-state index in [-0.39, 0.29) is 5.82 Å². The van der Waals surface area contributed by atoms with Gasteiger partial charge in [0, 0.05) is 16.1 Å². The van der Waals surface area contributed by atoms with E-state index in [0.29, 0.717) is 22.1 Å². The predicted molar refractivity (Wildman–Crippen MR) is 76.0 cm³/mol. The Morgan fingerprint density at radius 2 is 1.60 bits per heavy atom. The third-order valence-corrected chi connectivity index (χ3v) is 3.64. The maximum Gasteiger partial charge on any atom is 0.131 e. The molecule has 0 heterocycles. The molecule has 2 aromatic carbocycles. The highest BCUT2D eigenvalue weighted by atomic mass is 79.9. The summed E-state index contributed by atoms with van der Waals surface area (Å²) < 4.78 is 40.7. The molecule has 0 radical (unpaired) electrons. The molecule has 0 saturated heterocycles. The van der Waals surface area contributed by atoms with Crippen LogP contribution in [0.4, 0.5) is 13.2 Å². The van der Waals surface area contributed by atoms with Gasteiger partial charge < -0.3 is 5.32 Å². The van der Waals surface area contributed by atoms with Gasteiger partial charge in [0.2, 0.25) is 0 Å². The van der Waals surface area contributed by atoms with Crippen LogP contribution in [0, 0.1) is 17.5 Å². The van der Waals surface area contributed by atoms with Crippen molar-refractivity contribution < 1.29 is 13.2 Å². The van der Waals surface area contributed by atoms with Crippen molar-refractivity contribution in [1.82, 2.24) is 5.32 Å². The van der Waals surface area contributed by atoms with E-state index in [4.69, 9.17) is 0 Å². The van der Waals surface area contributed by atoms with E-state index in [1.807, 2.05) is 6.92 Å². The quantitative estimate of drug-likeness (QED) is 0.857. The zero-order chi connectivity index (χ0) is 14.7. The molecule has 1 unspecified atom stereocenters. The molecule has 0 bridgehead atoms. The predicted octanol–water partition coefficient (Wildman–Crippen LogP) is 4.57. The van der Waals surface area contributed by atoms with Gasteiger partial charge in [-0.3, -0.25) is 0 Å². The van der Waals surface area contributed by atoms with E-state index in [2.05, 4.69) is 21.2 Å². The van der Waals surface area contributed by atoms with Crippen LogP contribution in [-0.4, -0.2) is 6.54 Å². The van der Waals surface area contributed by atoms with Crippen LogP contribution >= 0.6 is 15.9 Å². The Labute approximate surface area is 123 Å². The third-order valence-electron chi connectivity index (χ3n) is 2.96. The van der Waals surface area contributed by atoms with Crippen molar-refractivity contribution in [3.8, 4) is 0 Å². The average molecular weight is 344 g/mol. The van der Waals surface area contributed by atoms with Crippen LogP contribution in [0.3, 0.4) is 0 Å². The maximum atomic E-state index is 14.0. The second-order valence-corrected chi connectivity index (χ2v) is 5.18. The standard InChI is InChI=1S/C15H13BrF3N/c1-2-20-15(11-5-3-9(17)7-13(11)16)12-6-4-10(18)8-14(12)19/h3-8,15,20H,2H2,1H3. The Bertz CT molecular complexity index is 565. The molecule has 0 amide bonds. The summed E-state index contributed by atoms with van der Waals surface area (Å²) >= 11 is 3.28. The Morgan fingerprint density at radius 1 is 1.00 bits per heavy atom. The van der Waals surface area contributed by atoms with Crippen molar-refractivity contribution in [2.24, 2.45) is 0 Å². The molecular formula is C15H13BrF3N. The number of halogens is 4. The summed E-state index contributed by atoms with van der Waals surface area (Å²) in [6.45, 7) is 2.47. The van der Waals surface area contributed by atoms with Crippen LogP contribution in [0.2, 0.25) is 0 Å². The van der Waals surface area contributed by atoms with Crippen LogP contribution in [0.25, 0.3) is 0 Å². The third kappa shape index (κ3) is 3.22. The van der Waals surface area contributed by atoms with E-state index < -0.39 is 17.7 Å². The molecular weight excluding hydrogens is 331 g/mol. The highest BCUT2D eigenvalue weighted by Crippen LogP contribution is 2.30. The van der Waals surface area contributed by atoms with Gasteiger partial charge >= 0.3 is 0 Å². The fourth-order valence-corrected chi connectivity index (χ4v) is 2.64. The fourth-order valence-electron chi connectivity index (χ4n) is 2.06. The van der Waals surface area contributed by atoms with Crippen LogP contribution < -0.4 is 5.32 Å². The number of nitrogens with one attached hydrogen (secondary N) is 1. The lowest BCUT2D eigenvalue weighted by molar-refractivity contribution is 0.539. The molecule has 0 saturated carbocycles. The van der Waals surface area contributed by atoms with Crippen molar-refractivity contribution in [3.63, 3.8) is 0 Å². The molecule has 5 heteroatoms. The van der Waals surface area contributed by atoms with E-state index in [1.165, 1.54) is 24.3 Å². The molecule has 2 rings (SSSR count). The Balaban J connectivity index is 2.50. The van der Waals surface area contributed by atoms with Gasteiger partial charge in [0.1, 0.15) is 17.5 Å². The SMILES string of the molecule is CCNC(c1ccc(F)cc1F)c1ccc(F)cc1Br. The molecule has 106 valence electrons. The first kappa shape index (κ1) is 15.1. The van der Waals surface area contributed by atoms with Crippen molar-refractivity contribution in [2.45, 2.75) is 13.0 Å². The zero-order valence-corrected chi connectivity index (χ0v) is 12.3. The minimum absolute atomic E-state index is 0.320. The van der Waals surface area contributed by atoms with Crippen molar-refractivity contribution in [2.75, 3.05) is 6.54 Å². The van der Waals surface area contributed by atoms with Crippen molar-refractivity contribution >= 4 is 15.9 Å². The average Bonchev–Trinajstić information content (AvgIpc) is 2.37. The fraction of sp³-hybridized carbons (Fsp3) is 0.200. The zero-order valence-electron chi connectivity index (χ0n) is 10.8. The number of benzene rings is 2. The molecule has 20 heavy (non-hydrogen) atoms. The summed E-state index contributed by atoms with van der Waals surface area (Å²) in [6.07, 6.45) is 0. The van der Waals surface area contributed by atoms with Gasteiger partial charge in [0.15, 0.2) is 0 Å². The summed E-state index contributed by atoms with van der Waals surface area (Å²) in [5.74, 6) is -1.64. The molecule has 0 aliphatic heterocycles. The largest absolute Gasteiger partial charge is 0.306 e. The number of hydrogen-bond donors (Lipinski definition) is 1. The van der Waals surface area contributed by atoms with E-state index in [9.17, 15) is 13.2 Å². The first-order chi connectivity index (χ1) is 9.52. The monoisotopic (exact) mass is 343 g/mol. The van der Waals surface area contributed by atoms with Crippen molar-refractivity contribution in [1.29, 1.82) is 0 Å². The molecule has 0 aliphatic rings. The summed E-state index contributed by atoms with van der Waals surface area (Å²) in [4.78, 5) is 0. The second kappa shape index (κ2) is 6.41. The van der Waals surface area contributed by atoms with Gasteiger partial charge in [-0.25, -0.2) is 13.2 Å². The smallest absolute Gasteiger partial charge is 0.131 e. The summed E-state index contributed by atoms with van der Waals surface area (Å²) in [6, 6.07) is 7.18. The second-order valence-electron chi connectivity index (χ2n) is 4.32. The number of hydrogen-bond acceptors (Lipinski definition) is 1. The minimum atomic E-state index is -0.632. The number of rotatable bonds is 4. The molecule has 1 nitrogen and oxygen atoms in total. The van der Waals surface area contributed by atoms with Gasteiger partial charge in [0.05, 0.1) is 6.04 Å². The molecule has 0 spiro atoms. The maximum absolute atomic E-state index is 14.0. The van der Waals surface area contributed by atoms with Gasteiger partial charge in [-0.2, -0.15) is 0 Å². The summed E-state index contributed by atoms with van der Waals surface area (Å²) in [5, 5.41) is 3.12. The minimum Gasteiger partial charge on any atom is -0.306 e. The Hall–Kier alpha value is -1.33. The lowest BCUT2D eigenvalue weighted by Crippen LogP contribution is -2.23. The van der Waals surface area contributed by atoms with Crippen LogP contribution in [0.1, 0.15) is 24.1 Å². The van der Waals surface area contributed by atoms with Gasteiger partial charge in [-0.05, 0) is 30.3 Å². The van der Waals surface area contributed by atoms with E-state index >= 15 is 0 Å². The first-order valence-corrected chi connectivity index (χ1v) is 6.95. The van der Waals surface area contributed by atoms with Crippen LogP contribution in [0.5, 0.6) is 0 Å². The lowest BCUT2D eigenvalue weighted by Gasteiger charge is -2.21. The molecule has 0 aromatic heterocycles. The molecule has 1 atom stereocenters. The van der Waals surface area contributed by atoms with E-state index in [0.717, 1.165) is 6.07 Å². The highest BCUT2D eigenvalue weighted by Gasteiger charge is 2.20. The normalized spacial score (nSPS) is 12.4. The first-order valence-electron chi connectivity index (χ1n) is 6.16. The summed E-state index contributed by atoms with van der Waals surface area (Å²) in [7, 11) is 0. The van der Waals surface area contributed by atoms with Crippen molar-refractivity contribution in [3.05, 3.63) is 69.4 Å². The molecule has 2 aromatic rings. The summed E-state index contributed by atoms with van der Waals surface area (Å²) in [5.41, 5.74) is 1.01. The Kier molecular flexibility index (Phi) is 4.83. The van der Waals surface area contributed by atoms with Gasteiger partial charge in [0.25, 0.3) is 0 Å². The van der Waals surface area contributed by atoms with Gasteiger partial charge in [-0.1, -0.05) is 35.0 Å². The Morgan fingerprint density at radius 3 is 2.15 bits per heavy atom. The lowest BCUT2D eigenvalue weighted by atomic mass is 9.98. The van der Waals surface area contributed by atoms with Gasteiger partial charge in [-0.15, -0.1) is 0 Å².